The molecule has 2 rings (SSSR count). The van der Waals surface area contributed by atoms with Gasteiger partial charge in [0.15, 0.2) is 0 Å². The van der Waals surface area contributed by atoms with E-state index in [4.69, 9.17) is 5.11 Å². The van der Waals surface area contributed by atoms with Gasteiger partial charge in [0.25, 0.3) is 0 Å². The summed E-state index contributed by atoms with van der Waals surface area (Å²) in [6.45, 7) is 5.08. The number of benzene rings is 1. The number of likely N-dealkylation sites (N-methyl/N-ethyl adjacent to an activating group) is 1. The topological polar surface area (TPSA) is 58.4 Å². The van der Waals surface area contributed by atoms with E-state index in [0.29, 0.717) is 6.04 Å². The van der Waals surface area contributed by atoms with Gasteiger partial charge in [-0.05, 0) is 39.2 Å². The van der Waals surface area contributed by atoms with Gasteiger partial charge in [-0.25, -0.2) is 9.78 Å². The normalized spacial score (nSPS) is 13.1. The van der Waals surface area contributed by atoms with Crippen LogP contribution in [0, 0.1) is 0 Å². The molecule has 20 heavy (non-hydrogen) atoms. The van der Waals surface area contributed by atoms with Crippen LogP contribution in [0.2, 0.25) is 0 Å². The Morgan fingerprint density at radius 1 is 1.45 bits per heavy atom. The lowest BCUT2D eigenvalue weighted by molar-refractivity contribution is 0.0697. The summed E-state index contributed by atoms with van der Waals surface area (Å²) in [6.07, 6.45) is 0.831. The third-order valence-electron chi connectivity index (χ3n) is 3.72. The third-order valence-corrected chi connectivity index (χ3v) is 3.72. The van der Waals surface area contributed by atoms with Gasteiger partial charge in [-0.1, -0.05) is 6.92 Å². The Labute approximate surface area is 118 Å². The van der Waals surface area contributed by atoms with Crippen molar-refractivity contribution in [3.05, 3.63) is 29.6 Å². The maximum atomic E-state index is 11.0. The molecule has 1 aromatic heterocycles. The fourth-order valence-corrected chi connectivity index (χ4v) is 2.21. The van der Waals surface area contributed by atoms with Crippen LogP contribution in [0.15, 0.2) is 18.2 Å². The predicted octanol–water partition coefficient (Wildman–Crippen LogP) is 2.25. The van der Waals surface area contributed by atoms with Gasteiger partial charge in [-0.2, -0.15) is 0 Å². The number of hydrogen-bond donors (Lipinski definition) is 1. The lowest BCUT2D eigenvalue weighted by Gasteiger charge is -2.21. The molecule has 0 aliphatic rings. The van der Waals surface area contributed by atoms with E-state index in [1.54, 1.807) is 12.1 Å². The fourth-order valence-electron chi connectivity index (χ4n) is 2.21. The lowest BCUT2D eigenvalue weighted by atomic mass is 10.2. The van der Waals surface area contributed by atoms with Crippen molar-refractivity contribution in [3.63, 3.8) is 0 Å². The van der Waals surface area contributed by atoms with Crippen LogP contribution in [0.5, 0.6) is 0 Å². The number of aromatic nitrogens is 2. The Hall–Kier alpha value is -1.88. The highest BCUT2D eigenvalue weighted by atomic mass is 16.4. The Kier molecular flexibility index (Phi) is 4.09. The summed E-state index contributed by atoms with van der Waals surface area (Å²) in [4.78, 5) is 17.8. The van der Waals surface area contributed by atoms with E-state index in [0.717, 1.165) is 29.8 Å². The largest absolute Gasteiger partial charge is 0.478 e. The Morgan fingerprint density at radius 2 is 2.15 bits per heavy atom. The van der Waals surface area contributed by atoms with Crippen molar-refractivity contribution in [1.82, 2.24) is 14.5 Å². The second-order valence-electron chi connectivity index (χ2n) is 5.31. The number of fused-ring (bicyclic) bond motifs is 1. The third kappa shape index (κ3) is 2.67. The number of hydrogen-bond acceptors (Lipinski definition) is 3. The molecule has 1 unspecified atom stereocenters. The van der Waals surface area contributed by atoms with Gasteiger partial charge in [-0.15, -0.1) is 0 Å². The highest BCUT2D eigenvalue weighted by Gasteiger charge is 2.14. The molecular weight excluding hydrogens is 254 g/mol. The molecule has 1 heterocycles. The first-order valence-electron chi connectivity index (χ1n) is 6.83. The summed E-state index contributed by atoms with van der Waals surface area (Å²) >= 11 is 0. The first-order valence-corrected chi connectivity index (χ1v) is 6.83. The van der Waals surface area contributed by atoms with Crippen LogP contribution in [0.4, 0.5) is 0 Å². The fraction of sp³-hybridized carbons (Fsp3) is 0.467. The molecule has 0 saturated heterocycles. The molecule has 0 saturated carbocycles. The molecule has 1 N–H and O–H groups in total. The van der Waals surface area contributed by atoms with Crippen molar-refractivity contribution >= 4 is 17.0 Å². The molecule has 0 aliphatic heterocycles. The molecule has 2 aromatic rings. The summed E-state index contributed by atoms with van der Waals surface area (Å²) < 4.78 is 2.19. The van der Waals surface area contributed by atoms with Crippen LogP contribution in [0.25, 0.3) is 11.0 Å². The van der Waals surface area contributed by atoms with Gasteiger partial charge >= 0.3 is 5.97 Å². The van der Waals surface area contributed by atoms with E-state index in [9.17, 15) is 4.79 Å². The van der Waals surface area contributed by atoms with E-state index >= 15 is 0 Å². The van der Waals surface area contributed by atoms with Gasteiger partial charge in [-0.3, -0.25) is 0 Å². The SMILES string of the molecule is CCc1nc2cc(C(=O)O)ccc2n1CC(C)N(C)C. The number of carboxylic acid groups (broad SMARTS) is 1. The first kappa shape index (κ1) is 14.5. The molecule has 108 valence electrons. The average molecular weight is 275 g/mol. The number of carbonyl (C=O) groups is 1. The second kappa shape index (κ2) is 5.63. The molecule has 0 bridgehead atoms. The first-order chi connectivity index (χ1) is 9.43. The minimum Gasteiger partial charge on any atom is -0.478 e. The van der Waals surface area contributed by atoms with E-state index in [2.05, 4.69) is 42.4 Å². The Balaban J connectivity index is 2.49. The predicted molar refractivity (Wildman–Crippen MR) is 79.2 cm³/mol. The number of aromatic carboxylic acids is 1. The molecule has 0 radical (unpaired) electrons. The molecule has 1 aromatic carbocycles. The zero-order valence-corrected chi connectivity index (χ0v) is 12.4. The van der Waals surface area contributed by atoms with Crippen molar-refractivity contribution in [2.75, 3.05) is 14.1 Å². The minimum absolute atomic E-state index is 0.283. The monoisotopic (exact) mass is 275 g/mol. The molecule has 0 amide bonds. The number of rotatable bonds is 5. The maximum absolute atomic E-state index is 11.0. The van der Waals surface area contributed by atoms with Crippen molar-refractivity contribution in [2.24, 2.45) is 0 Å². The van der Waals surface area contributed by atoms with Crippen LogP contribution in [0.1, 0.15) is 30.0 Å². The Morgan fingerprint density at radius 3 is 2.70 bits per heavy atom. The van der Waals surface area contributed by atoms with Gasteiger partial charge in [0.1, 0.15) is 5.82 Å². The smallest absolute Gasteiger partial charge is 0.335 e. The summed E-state index contributed by atoms with van der Waals surface area (Å²) in [6, 6.07) is 5.53. The van der Waals surface area contributed by atoms with Crippen LogP contribution in [-0.4, -0.2) is 45.7 Å². The average Bonchev–Trinajstić information content (AvgIpc) is 2.75. The number of imidazole rings is 1. The van der Waals surface area contributed by atoms with E-state index in [1.807, 2.05) is 6.07 Å². The molecular formula is C15H21N3O2. The van der Waals surface area contributed by atoms with E-state index in [-0.39, 0.29) is 5.56 Å². The standard InChI is InChI=1S/C15H21N3O2/c1-5-14-16-12-8-11(15(19)20)6-7-13(12)18(14)9-10(2)17(3)4/h6-8,10H,5,9H2,1-4H3,(H,19,20). The molecule has 5 heteroatoms. The van der Waals surface area contributed by atoms with Crippen LogP contribution < -0.4 is 0 Å². The Bertz CT molecular complexity index is 631. The summed E-state index contributed by atoms with van der Waals surface area (Å²) in [5.74, 6) is 0.0809. The van der Waals surface area contributed by atoms with Gasteiger partial charge in [0.2, 0.25) is 0 Å². The summed E-state index contributed by atoms with van der Waals surface area (Å²) in [5, 5.41) is 9.05. The van der Waals surface area contributed by atoms with Gasteiger partial charge in [0.05, 0.1) is 16.6 Å². The number of aryl methyl sites for hydroxylation is 1. The van der Waals surface area contributed by atoms with Gasteiger partial charge in [0, 0.05) is 19.0 Å². The second-order valence-corrected chi connectivity index (χ2v) is 5.31. The quantitative estimate of drug-likeness (QED) is 0.909. The molecule has 0 aliphatic carbocycles. The molecule has 5 nitrogen and oxygen atoms in total. The number of nitrogens with zero attached hydrogens (tertiary/aromatic N) is 3. The highest BCUT2D eigenvalue weighted by Crippen LogP contribution is 2.19. The van der Waals surface area contributed by atoms with Crippen LogP contribution in [0.3, 0.4) is 0 Å². The lowest BCUT2D eigenvalue weighted by Crippen LogP contribution is -2.29. The summed E-state index contributed by atoms with van der Waals surface area (Å²) in [7, 11) is 4.11. The molecule has 0 spiro atoms. The molecule has 0 fully saturated rings. The minimum atomic E-state index is -0.916. The van der Waals surface area contributed by atoms with Crippen molar-refractivity contribution < 1.29 is 9.90 Å². The zero-order valence-electron chi connectivity index (χ0n) is 12.4. The van der Waals surface area contributed by atoms with Crippen LogP contribution in [-0.2, 0) is 13.0 Å². The van der Waals surface area contributed by atoms with Crippen LogP contribution >= 0.6 is 0 Å². The van der Waals surface area contributed by atoms with Crippen molar-refractivity contribution in [3.8, 4) is 0 Å². The van der Waals surface area contributed by atoms with Crippen molar-refractivity contribution in [2.45, 2.75) is 32.9 Å². The van der Waals surface area contributed by atoms with E-state index < -0.39 is 5.97 Å². The van der Waals surface area contributed by atoms with Crippen molar-refractivity contribution in [1.29, 1.82) is 0 Å². The summed E-state index contributed by atoms with van der Waals surface area (Å²) in [5.41, 5.74) is 2.04. The molecule has 1 atom stereocenters. The number of carboxylic acids is 1. The van der Waals surface area contributed by atoms with E-state index in [1.165, 1.54) is 0 Å². The highest BCUT2D eigenvalue weighted by molar-refractivity contribution is 5.92. The zero-order chi connectivity index (χ0) is 14.9. The maximum Gasteiger partial charge on any atom is 0.335 e. The van der Waals surface area contributed by atoms with Gasteiger partial charge < -0.3 is 14.6 Å².